The van der Waals surface area contributed by atoms with Crippen molar-refractivity contribution in [2.24, 2.45) is 0 Å². The zero-order valence-corrected chi connectivity index (χ0v) is 10.8. The average molecular weight is 260 g/mol. The van der Waals surface area contributed by atoms with Gasteiger partial charge in [-0.3, -0.25) is 4.79 Å². The van der Waals surface area contributed by atoms with Crippen LogP contribution in [-0.4, -0.2) is 42.5 Å². The maximum Gasteiger partial charge on any atom is 0.298 e. The minimum atomic E-state index is 0.0766. The SMILES string of the molecule is CN1CCCN(c2nc3c(N)cccc3o2)CC1=O. The van der Waals surface area contributed by atoms with Crippen molar-refractivity contribution in [1.29, 1.82) is 0 Å². The molecule has 2 N–H and O–H groups in total. The largest absolute Gasteiger partial charge is 0.423 e. The molecular weight excluding hydrogens is 244 g/mol. The van der Waals surface area contributed by atoms with Gasteiger partial charge in [0.2, 0.25) is 5.91 Å². The summed E-state index contributed by atoms with van der Waals surface area (Å²) in [4.78, 5) is 19.9. The van der Waals surface area contributed by atoms with Crippen LogP contribution in [-0.2, 0) is 4.79 Å². The van der Waals surface area contributed by atoms with Gasteiger partial charge in [0.25, 0.3) is 6.01 Å². The Balaban J connectivity index is 1.95. The van der Waals surface area contributed by atoms with Crippen LogP contribution in [0.5, 0.6) is 0 Å². The molecule has 0 bridgehead atoms. The Bertz CT molecular complexity index is 622. The van der Waals surface area contributed by atoms with E-state index in [0.717, 1.165) is 19.5 Å². The molecular formula is C13H16N4O2. The molecule has 0 atom stereocenters. The fourth-order valence-corrected chi connectivity index (χ4v) is 2.24. The number of rotatable bonds is 1. The molecule has 0 radical (unpaired) electrons. The number of hydrogen-bond acceptors (Lipinski definition) is 5. The maximum atomic E-state index is 11.9. The highest BCUT2D eigenvalue weighted by molar-refractivity contribution is 5.87. The second-order valence-corrected chi connectivity index (χ2v) is 4.78. The van der Waals surface area contributed by atoms with Gasteiger partial charge in [-0.05, 0) is 18.6 Å². The van der Waals surface area contributed by atoms with Crippen molar-refractivity contribution in [3.8, 4) is 0 Å². The second-order valence-electron chi connectivity index (χ2n) is 4.78. The van der Waals surface area contributed by atoms with Crippen molar-refractivity contribution < 1.29 is 9.21 Å². The molecule has 6 nitrogen and oxygen atoms in total. The van der Waals surface area contributed by atoms with E-state index in [9.17, 15) is 4.79 Å². The van der Waals surface area contributed by atoms with Gasteiger partial charge >= 0.3 is 0 Å². The molecule has 1 saturated heterocycles. The number of hydrogen-bond donors (Lipinski definition) is 1. The number of nitrogen functional groups attached to an aromatic ring is 1. The van der Waals surface area contributed by atoms with Gasteiger partial charge in [-0.15, -0.1) is 0 Å². The van der Waals surface area contributed by atoms with Crippen LogP contribution in [0.15, 0.2) is 22.6 Å². The van der Waals surface area contributed by atoms with Crippen molar-refractivity contribution in [1.82, 2.24) is 9.88 Å². The minimum Gasteiger partial charge on any atom is -0.423 e. The Morgan fingerprint density at radius 2 is 2.21 bits per heavy atom. The van der Waals surface area contributed by atoms with Gasteiger partial charge in [-0.2, -0.15) is 4.98 Å². The second kappa shape index (κ2) is 4.46. The summed E-state index contributed by atoms with van der Waals surface area (Å²) < 4.78 is 5.69. The zero-order chi connectivity index (χ0) is 13.4. The van der Waals surface area contributed by atoms with Gasteiger partial charge in [0.05, 0.1) is 5.69 Å². The van der Waals surface area contributed by atoms with Crippen LogP contribution in [0.3, 0.4) is 0 Å². The quantitative estimate of drug-likeness (QED) is 0.776. The predicted molar refractivity (Wildman–Crippen MR) is 72.9 cm³/mol. The van der Waals surface area contributed by atoms with Crippen LogP contribution >= 0.6 is 0 Å². The Morgan fingerprint density at radius 3 is 3.00 bits per heavy atom. The van der Waals surface area contributed by atoms with Crippen LogP contribution in [0, 0.1) is 0 Å². The number of aromatic nitrogens is 1. The molecule has 0 aliphatic carbocycles. The Morgan fingerprint density at radius 1 is 1.37 bits per heavy atom. The Kier molecular flexibility index (Phi) is 2.77. The molecule has 2 heterocycles. The summed E-state index contributed by atoms with van der Waals surface area (Å²) in [6.45, 7) is 1.81. The van der Waals surface area contributed by atoms with Gasteiger partial charge < -0.3 is 20.0 Å². The highest BCUT2D eigenvalue weighted by atomic mass is 16.4. The molecule has 1 fully saturated rings. The van der Waals surface area contributed by atoms with Crippen molar-refractivity contribution in [2.45, 2.75) is 6.42 Å². The summed E-state index contributed by atoms with van der Waals surface area (Å²) in [5.41, 5.74) is 7.76. The Hall–Kier alpha value is -2.24. The molecule has 0 unspecified atom stereocenters. The molecule has 1 aromatic carbocycles. The number of nitrogens with two attached hydrogens (primary N) is 1. The molecule has 1 aromatic heterocycles. The molecule has 100 valence electrons. The molecule has 0 saturated carbocycles. The van der Waals surface area contributed by atoms with Crippen molar-refractivity contribution in [2.75, 3.05) is 37.3 Å². The smallest absolute Gasteiger partial charge is 0.298 e. The zero-order valence-electron chi connectivity index (χ0n) is 10.8. The van der Waals surface area contributed by atoms with E-state index in [1.54, 1.807) is 11.0 Å². The first kappa shape index (κ1) is 11.8. The Labute approximate surface area is 110 Å². The van der Waals surface area contributed by atoms with Gasteiger partial charge in [0.1, 0.15) is 12.1 Å². The third-order valence-corrected chi connectivity index (χ3v) is 3.38. The van der Waals surface area contributed by atoms with E-state index in [0.29, 0.717) is 29.3 Å². The summed E-state index contributed by atoms with van der Waals surface area (Å²) in [7, 11) is 1.82. The van der Waals surface area contributed by atoms with Gasteiger partial charge in [-0.1, -0.05) is 6.07 Å². The lowest BCUT2D eigenvalue weighted by molar-refractivity contribution is -0.127. The lowest BCUT2D eigenvalue weighted by Gasteiger charge is -2.16. The number of likely N-dealkylation sites (N-methyl/N-ethyl adjacent to an activating group) is 1. The first-order valence-corrected chi connectivity index (χ1v) is 6.29. The fraction of sp³-hybridized carbons (Fsp3) is 0.385. The first-order valence-electron chi connectivity index (χ1n) is 6.29. The number of carbonyl (C=O) groups excluding carboxylic acids is 1. The van der Waals surface area contributed by atoms with Crippen LogP contribution in [0.1, 0.15) is 6.42 Å². The van der Waals surface area contributed by atoms with E-state index >= 15 is 0 Å². The van der Waals surface area contributed by atoms with Crippen LogP contribution < -0.4 is 10.6 Å². The summed E-state index contributed by atoms with van der Waals surface area (Å²) in [6.07, 6.45) is 0.899. The number of fused-ring (bicyclic) bond motifs is 1. The molecule has 1 aliphatic rings. The van der Waals surface area contributed by atoms with E-state index in [-0.39, 0.29) is 5.91 Å². The van der Waals surface area contributed by atoms with E-state index < -0.39 is 0 Å². The summed E-state index contributed by atoms with van der Waals surface area (Å²) in [5.74, 6) is 0.0766. The van der Waals surface area contributed by atoms with Crippen LogP contribution in [0.4, 0.5) is 11.7 Å². The van der Waals surface area contributed by atoms with Gasteiger partial charge in [0, 0.05) is 20.1 Å². The number of benzene rings is 1. The number of anilines is 2. The number of oxazole rings is 1. The molecule has 0 spiro atoms. The molecule has 3 rings (SSSR count). The first-order chi connectivity index (χ1) is 9.15. The van der Waals surface area contributed by atoms with Crippen molar-refractivity contribution >= 4 is 28.7 Å². The third kappa shape index (κ3) is 2.09. The minimum absolute atomic E-state index is 0.0766. The standard InChI is InChI=1S/C13H16N4O2/c1-16-6-3-7-17(8-11(16)18)13-15-12-9(14)4-2-5-10(12)19-13/h2,4-5H,3,6-8,14H2,1H3. The summed E-state index contributed by atoms with van der Waals surface area (Å²) in [5, 5.41) is 0. The van der Waals surface area contributed by atoms with E-state index in [2.05, 4.69) is 4.98 Å². The van der Waals surface area contributed by atoms with E-state index in [4.69, 9.17) is 10.2 Å². The normalized spacial score (nSPS) is 17.0. The van der Waals surface area contributed by atoms with Crippen molar-refractivity contribution in [3.05, 3.63) is 18.2 Å². The summed E-state index contributed by atoms with van der Waals surface area (Å²) >= 11 is 0. The molecule has 19 heavy (non-hydrogen) atoms. The number of nitrogens with zero attached hydrogens (tertiary/aromatic N) is 3. The highest BCUT2D eigenvalue weighted by Gasteiger charge is 2.22. The van der Waals surface area contributed by atoms with Crippen LogP contribution in [0.2, 0.25) is 0 Å². The molecule has 1 aliphatic heterocycles. The number of para-hydroxylation sites is 1. The predicted octanol–water partition coefficient (Wildman–Crippen LogP) is 1.08. The number of carbonyl (C=O) groups is 1. The molecule has 2 aromatic rings. The monoisotopic (exact) mass is 260 g/mol. The van der Waals surface area contributed by atoms with Gasteiger partial charge in [0.15, 0.2) is 5.58 Å². The lowest BCUT2D eigenvalue weighted by Crippen LogP contribution is -2.34. The van der Waals surface area contributed by atoms with E-state index in [1.807, 2.05) is 24.1 Å². The van der Waals surface area contributed by atoms with Gasteiger partial charge in [-0.25, -0.2) is 0 Å². The van der Waals surface area contributed by atoms with Crippen molar-refractivity contribution in [3.63, 3.8) is 0 Å². The van der Waals surface area contributed by atoms with E-state index in [1.165, 1.54) is 0 Å². The highest BCUT2D eigenvalue weighted by Crippen LogP contribution is 2.26. The average Bonchev–Trinajstić information content (AvgIpc) is 2.75. The molecule has 1 amide bonds. The number of amides is 1. The summed E-state index contributed by atoms with van der Waals surface area (Å²) in [6, 6.07) is 5.91. The molecule has 6 heteroatoms. The van der Waals surface area contributed by atoms with Crippen LogP contribution in [0.25, 0.3) is 11.1 Å². The lowest BCUT2D eigenvalue weighted by atomic mass is 10.3. The maximum absolute atomic E-state index is 11.9. The topological polar surface area (TPSA) is 75.6 Å². The third-order valence-electron chi connectivity index (χ3n) is 3.38. The fourth-order valence-electron chi connectivity index (χ4n) is 2.24.